The molecule has 3 heterocycles. The maximum absolute atomic E-state index is 16.4. The summed E-state index contributed by atoms with van der Waals surface area (Å²) in [5.74, 6) is -1.85. The summed E-state index contributed by atoms with van der Waals surface area (Å²) in [6.45, 7) is 9.12. The van der Waals surface area contributed by atoms with Crippen molar-refractivity contribution in [3.8, 4) is 16.9 Å². The van der Waals surface area contributed by atoms with E-state index in [1.165, 1.54) is 24.3 Å². The van der Waals surface area contributed by atoms with Gasteiger partial charge in [-0.25, -0.2) is 22.5 Å². The Hall–Kier alpha value is -3.64. The number of halogens is 5. The molecular formula is C29H31ClF4N6O2. The van der Waals surface area contributed by atoms with Crippen molar-refractivity contribution < 1.29 is 27.5 Å². The molecule has 0 unspecified atom stereocenters. The first-order chi connectivity index (χ1) is 20.0. The number of carbonyl (C=O) groups is 1. The number of phenols is 1. The zero-order valence-corrected chi connectivity index (χ0v) is 23.9. The Morgan fingerprint density at radius 1 is 1.17 bits per heavy atom. The largest absolute Gasteiger partial charge is 0.507 e. The van der Waals surface area contributed by atoms with E-state index in [0.29, 0.717) is 32.0 Å². The highest BCUT2D eigenvalue weighted by Gasteiger charge is 2.36. The third-order valence-corrected chi connectivity index (χ3v) is 8.07. The number of carbonyl (C=O) groups excluding carboxylic acids is 1. The van der Waals surface area contributed by atoms with Crippen molar-refractivity contribution in [2.45, 2.75) is 44.8 Å². The summed E-state index contributed by atoms with van der Waals surface area (Å²) in [5, 5.41) is 13.6. The summed E-state index contributed by atoms with van der Waals surface area (Å²) < 4.78 is 56.3. The molecule has 224 valence electrons. The molecule has 2 fully saturated rings. The Labute approximate surface area is 245 Å². The van der Waals surface area contributed by atoms with Crippen molar-refractivity contribution in [3.05, 3.63) is 53.6 Å². The van der Waals surface area contributed by atoms with Gasteiger partial charge >= 0.3 is 0 Å². The fourth-order valence-electron chi connectivity index (χ4n) is 5.53. The molecule has 0 saturated carbocycles. The number of aromatic nitrogens is 2. The minimum atomic E-state index is -2.40. The first-order valence-corrected chi connectivity index (χ1v) is 14.0. The van der Waals surface area contributed by atoms with Crippen LogP contribution in [0.15, 0.2) is 36.9 Å². The molecule has 1 amide bonds. The van der Waals surface area contributed by atoms with Crippen molar-refractivity contribution in [2.24, 2.45) is 0 Å². The van der Waals surface area contributed by atoms with Crippen LogP contribution in [0.4, 0.5) is 29.3 Å². The minimum Gasteiger partial charge on any atom is -0.507 e. The monoisotopic (exact) mass is 606 g/mol. The molecule has 2 aliphatic heterocycles. The first kappa shape index (κ1) is 29.8. The van der Waals surface area contributed by atoms with Crippen LogP contribution in [0.5, 0.6) is 5.75 Å². The van der Waals surface area contributed by atoms with Crippen LogP contribution >= 0.6 is 11.6 Å². The Morgan fingerprint density at radius 2 is 1.90 bits per heavy atom. The normalized spacial score (nSPS) is 19.5. The smallest absolute Gasteiger partial charge is 0.246 e. The van der Waals surface area contributed by atoms with Crippen LogP contribution in [-0.4, -0.2) is 83.2 Å². The molecule has 0 bridgehead atoms. The van der Waals surface area contributed by atoms with Crippen LogP contribution in [0.25, 0.3) is 22.0 Å². The van der Waals surface area contributed by atoms with Crippen molar-refractivity contribution in [3.63, 3.8) is 0 Å². The van der Waals surface area contributed by atoms with E-state index in [1.54, 1.807) is 9.80 Å². The van der Waals surface area contributed by atoms with Crippen molar-refractivity contribution in [1.82, 2.24) is 20.2 Å². The quantitative estimate of drug-likeness (QED) is 0.276. The zero-order valence-electron chi connectivity index (χ0n) is 23.1. The van der Waals surface area contributed by atoms with E-state index in [4.69, 9.17) is 16.6 Å². The predicted octanol–water partition coefficient (Wildman–Crippen LogP) is 4.98. The van der Waals surface area contributed by atoms with Gasteiger partial charge in [0, 0.05) is 68.2 Å². The maximum atomic E-state index is 16.4. The maximum Gasteiger partial charge on any atom is 0.246 e. The van der Waals surface area contributed by atoms with Crippen LogP contribution < -0.4 is 15.1 Å². The standard InChI is InChI=1S/C29H31ClF4N6O2/c1-4-23(42)39-11-16(3)40(12-15(39)2)28-18-10-19(30)24(25-20(31)6-5-7-21(25)41)26(34)27(18)36-29(37-28)38-13-17(14-38)35-9-8-22(32)33/h4-7,10,15-17,22,35,41H,1,8-9,11-14H2,2-3H3/t15-,16+/m1/s1. The van der Waals surface area contributed by atoms with Gasteiger partial charge in [0.2, 0.25) is 18.3 Å². The number of hydrogen-bond donors (Lipinski definition) is 2. The summed E-state index contributed by atoms with van der Waals surface area (Å²) in [5.41, 5.74) is -0.821. The van der Waals surface area contributed by atoms with E-state index >= 15 is 4.39 Å². The van der Waals surface area contributed by atoms with Crippen LogP contribution in [-0.2, 0) is 4.79 Å². The van der Waals surface area contributed by atoms with E-state index < -0.39 is 23.8 Å². The minimum absolute atomic E-state index is 0.0695. The van der Waals surface area contributed by atoms with Crippen molar-refractivity contribution in [2.75, 3.05) is 42.5 Å². The molecule has 2 aromatic carbocycles. The number of phenolic OH excluding ortho intramolecular Hbond substituents is 1. The number of aromatic hydroxyl groups is 1. The van der Waals surface area contributed by atoms with Crippen molar-refractivity contribution >= 4 is 40.2 Å². The highest BCUT2D eigenvalue weighted by Crippen LogP contribution is 2.43. The number of anilines is 2. The molecular weight excluding hydrogens is 576 g/mol. The Balaban J connectivity index is 1.59. The lowest BCUT2D eigenvalue weighted by atomic mass is 10.00. The Morgan fingerprint density at radius 3 is 2.57 bits per heavy atom. The van der Waals surface area contributed by atoms with Gasteiger partial charge in [0.15, 0.2) is 5.82 Å². The lowest BCUT2D eigenvalue weighted by molar-refractivity contribution is -0.128. The van der Waals surface area contributed by atoms with Gasteiger partial charge in [-0.1, -0.05) is 24.2 Å². The van der Waals surface area contributed by atoms with Gasteiger partial charge in [0.25, 0.3) is 0 Å². The van der Waals surface area contributed by atoms with Gasteiger partial charge in [-0.2, -0.15) is 4.98 Å². The van der Waals surface area contributed by atoms with E-state index in [1.807, 2.05) is 18.7 Å². The summed E-state index contributed by atoms with van der Waals surface area (Å²) in [6, 6.07) is 4.58. The molecule has 2 aliphatic rings. The van der Waals surface area contributed by atoms with Crippen LogP contribution in [0.1, 0.15) is 20.3 Å². The lowest BCUT2D eigenvalue weighted by Gasteiger charge is -2.45. The number of alkyl halides is 2. The number of fused-ring (bicyclic) bond motifs is 1. The number of rotatable bonds is 8. The topological polar surface area (TPSA) is 84.8 Å². The van der Waals surface area contributed by atoms with Gasteiger partial charge in [-0.3, -0.25) is 4.79 Å². The SMILES string of the molecule is C=CC(=O)N1C[C@H](C)N(c2nc(N3CC(NCCC(F)F)C3)nc3c(F)c(-c4c(O)cccc4F)c(Cl)cc23)C[C@H]1C. The number of nitrogens with zero attached hydrogens (tertiary/aromatic N) is 5. The van der Waals surface area contributed by atoms with Crippen LogP contribution in [0.2, 0.25) is 5.02 Å². The Bertz CT molecular complexity index is 1500. The second-order valence-corrected chi connectivity index (χ2v) is 11.1. The molecule has 0 radical (unpaired) electrons. The van der Waals surface area contributed by atoms with E-state index in [2.05, 4.69) is 16.9 Å². The molecule has 2 N–H and O–H groups in total. The molecule has 1 aromatic heterocycles. The average molecular weight is 607 g/mol. The molecule has 8 nitrogen and oxygen atoms in total. The van der Waals surface area contributed by atoms with Gasteiger partial charge in [-0.05, 0) is 38.1 Å². The fraction of sp³-hybridized carbons (Fsp3) is 0.414. The van der Waals surface area contributed by atoms with Gasteiger partial charge < -0.3 is 25.1 Å². The van der Waals surface area contributed by atoms with Gasteiger partial charge in [-0.15, -0.1) is 0 Å². The number of piperazine rings is 1. The first-order valence-electron chi connectivity index (χ1n) is 13.6. The summed E-state index contributed by atoms with van der Waals surface area (Å²) >= 11 is 6.55. The third-order valence-electron chi connectivity index (χ3n) is 7.77. The highest BCUT2D eigenvalue weighted by molar-refractivity contribution is 6.34. The van der Waals surface area contributed by atoms with Crippen molar-refractivity contribution in [1.29, 1.82) is 0 Å². The predicted molar refractivity (Wildman–Crippen MR) is 154 cm³/mol. The number of nitrogens with one attached hydrogen (secondary N) is 1. The highest BCUT2D eigenvalue weighted by atomic mass is 35.5. The molecule has 42 heavy (non-hydrogen) atoms. The van der Waals surface area contributed by atoms with E-state index in [-0.39, 0.29) is 70.0 Å². The van der Waals surface area contributed by atoms with E-state index in [9.17, 15) is 23.1 Å². The third kappa shape index (κ3) is 5.57. The number of amides is 1. The van der Waals surface area contributed by atoms with Crippen LogP contribution in [0, 0.1) is 11.6 Å². The average Bonchev–Trinajstić information content (AvgIpc) is 2.91. The summed E-state index contributed by atoms with van der Waals surface area (Å²) in [7, 11) is 0. The fourth-order valence-corrected chi connectivity index (χ4v) is 5.82. The molecule has 0 spiro atoms. The molecule has 13 heteroatoms. The number of benzene rings is 2. The molecule has 0 aliphatic carbocycles. The van der Waals surface area contributed by atoms with E-state index in [0.717, 1.165) is 6.07 Å². The lowest BCUT2D eigenvalue weighted by Crippen LogP contribution is -2.59. The number of hydrogen-bond acceptors (Lipinski definition) is 7. The summed E-state index contributed by atoms with van der Waals surface area (Å²) in [4.78, 5) is 27.2. The zero-order chi connectivity index (χ0) is 30.3. The van der Waals surface area contributed by atoms with Crippen LogP contribution in [0.3, 0.4) is 0 Å². The molecule has 3 aromatic rings. The van der Waals surface area contributed by atoms with Gasteiger partial charge in [0.1, 0.15) is 22.9 Å². The Kier molecular flexibility index (Phi) is 8.47. The second kappa shape index (κ2) is 11.9. The molecule has 2 saturated heterocycles. The molecule has 2 atom stereocenters. The summed E-state index contributed by atoms with van der Waals surface area (Å²) in [6.07, 6.45) is -1.40. The van der Waals surface area contributed by atoms with Gasteiger partial charge in [0.05, 0.1) is 10.6 Å². The second-order valence-electron chi connectivity index (χ2n) is 10.7. The molecule has 5 rings (SSSR count).